The van der Waals surface area contributed by atoms with E-state index in [0.717, 1.165) is 18.9 Å². The molecule has 1 N–H and O–H groups in total. The van der Waals surface area contributed by atoms with Crippen molar-refractivity contribution in [3.05, 3.63) is 0 Å². The first-order valence-electron chi connectivity index (χ1n) is 6.32. The number of alkyl halides is 1. The smallest absolute Gasteiger partial charge is 0.0465 e. The number of halogens is 1. The molecule has 0 aliphatic heterocycles. The van der Waals surface area contributed by atoms with Crippen molar-refractivity contribution in [1.29, 1.82) is 0 Å². The van der Waals surface area contributed by atoms with Crippen LogP contribution in [-0.2, 0) is 0 Å². The summed E-state index contributed by atoms with van der Waals surface area (Å²) in [6.07, 6.45) is 6.78. The molecule has 1 nitrogen and oxygen atoms in total. The fraction of sp³-hybridized carbons (Fsp3) is 1.00. The monoisotopic (exact) mass is 231 g/mol. The van der Waals surface area contributed by atoms with E-state index in [4.69, 9.17) is 11.6 Å². The number of nitrogens with one attached hydrogen (secondary N) is 1. The molecule has 0 amide bonds. The van der Waals surface area contributed by atoms with Crippen LogP contribution in [0, 0.1) is 11.3 Å². The molecule has 0 aromatic carbocycles. The molecule has 1 fully saturated rings. The predicted molar refractivity (Wildman–Crippen MR) is 68.5 cm³/mol. The quantitative estimate of drug-likeness (QED) is 0.710. The summed E-state index contributed by atoms with van der Waals surface area (Å²) in [5.74, 6) is 0.920. The Hall–Kier alpha value is 0.250. The lowest BCUT2D eigenvalue weighted by Gasteiger charge is -2.22. The molecule has 1 atom stereocenters. The van der Waals surface area contributed by atoms with E-state index >= 15 is 0 Å². The Morgan fingerprint density at radius 2 is 1.87 bits per heavy atom. The molecule has 15 heavy (non-hydrogen) atoms. The van der Waals surface area contributed by atoms with Crippen LogP contribution in [0.2, 0.25) is 0 Å². The predicted octanol–water partition coefficient (Wildman–Crippen LogP) is 3.81. The van der Waals surface area contributed by atoms with Crippen LogP contribution in [0.4, 0.5) is 0 Å². The Balaban J connectivity index is 2.03. The van der Waals surface area contributed by atoms with Crippen LogP contribution < -0.4 is 5.32 Å². The van der Waals surface area contributed by atoms with Gasteiger partial charge in [0.25, 0.3) is 0 Å². The third-order valence-corrected chi connectivity index (χ3v) is 3.42. The molecule has 0 aromatic heterocycles. The zero-order chi connectivity index (χ0) is 11.3. The molecule has 0 spiro atoms. The maximum atomic E-state index is 6.29. The van der Waals surface area contributed by atoms with Crippen LogP contribution in [0.25, 0.3) is 0 Å². The summed E-state index contributed by atoms with van der Waals surface area (Å²) in [5.41, 5.74) is 0.349. The zero-order valence-electron chi connectivity index (χ0n) is 10.5. The SMILES string of the molecule is CC(C)(C)CC(Cl)CNCC1CCCC1. The standard InChI is InChI=1S/C13H26ClN/c1-13(2,3)8-12(14)10-15-9-11-6-4-5-7-11/h11-12,15H,4-10H2,1-3H3. The van der Waals surface area contributed by atoms with Crippen LogP contribution in [-0.4, -0.2) is 18.5 Å². The van der Waals surface area contributed by atoms with Gasteiger partial charge >= 0.3 is 0 Å². The molecule has 1 unspecified atom stereocenters. The Bertz CT molecular complexity index is 168. The number of hydrogen-bond donors (Lipinski definition) is 1. The van der Waals surface area contributed by atoms with Crippen LogP contribution in [0.1, 0.15) is 52.9 Å². The highest BCUT2D eigenvalue weighted by atomic mass is 35.5. The van der Waals surface area contributed by atoms with Gasteiger partial charge in [0.15, 0.2) is 0 Å². The van der Waals surface area contributed by atoms with Crippen molar-refractivity contribution in [1.82, 2.24) is 5.32 Å². The first-order chi connectivity index (χ1) is 6.97. The summed E-state index contributed by atoms with van der Waals surface area (Å²) < 4.78 is 0. The lowest BCUT2D eigenvalue weighted by atomic mass is 9.90. The van der Waals surface area contributed by atoms with E-state index in [0.29, 0.717) is 5.41 Å². The average Bonchev–Trinajstić information content (AvgIpc) is 2.53. The second-order valence-electron chi connectivity index (χ2n) is 6.17. The Morgan fingerprint density at radius 1 is 1.27 bits per heavy atom. The van der Waals surface area contributed by atoms with Crippen molar-refractivity contribution in [2.24, 2.45) is 11.3 Å². The van der Waals surface area contributed by atoms with Gasteiger partial charge in [0.1, 0.15) is 0 Å². The Labute approximate surface area is 100.0 Å². The van der Waals surface area contributed by atoms with Gasteiger partial charge in [-0.3, -0.25) is 0 Å². The van der Waals surface area contributed by atoms with Gasteiger partial charge in [-0.1, -0.05) is 33.6 Å². The zero-order valence-corrected chi connectivity index (χ0v) is 11.2. The molecule has 0 radical (unpaired) electrons. The first-order valence-corrected chi connectivity index (χ1v) is 6.76. The van der Waals surface area contributed by atoms with Gasteiger partial charge < -0.3 is 5.32 Å². The fourth-order valence-electron chi connectivity index (χ4n) is 2.40. The van der Waals surface area contributed by atoms with Crippen molar-refractivity contribution in [3.8, 4) is 0 Å². The fourth-order valence-corrected chi connectivity index (χ4v) is 2.97. The summed E-state index contributed by atoms with van der Waals surface area (Å²) in [5, 5.41) is 3.80. The maximum absolute atomic E-state index is 6.29. The largest absolute Gasteiger partial charge is 0.315 e. The molecule has 90 valence electrons. The van der Waals surface area contributed by atoms with Gasteiger partial charge in [0.05, 0.1) is 0 Å². The molecule has 2 heteroatoms. The van der Waals surface area contributed by atoms with Gasteiger partial charge in [0, 0.05) is 11.9 Å². The van der Waals surface area contributed by atoms with Crippen LogP contribution in [0.5, 0.6) is 0 Å². The minimum Gasteiger partial charge on any atom is -0.315 e. The first kappa shape index (κ1) is 13.3. The van der Waals surface area contributed by atoms with Gasteiger partial charge in [0.2, 0.25) is 0 Å². The van der Waals surface area contributed by atoms with Gasteiger partial charge in [-0.25, -0.2) is 0 Å². The third-order valence-electron chi connectivity index (χ3n) is 3.11. The van der Waals surface area contributed by atoms with Gasteiger partial charge in [-0.05, 0) is 37.1 Å². The average molecular weight is 232 g/mol. The summed E-state index contributed by atoms with van der Waals surface area (Å²) in [7, 11) is 0. The van der Waals surface area contributed by atoms with Crippen molar-refractivity contribution in [3.63, 3.8) is 0 Å². The highest BCUT2D eigenvalue weighted by Gasteiger charge is 2.18. The summed E-state index contributed by atoms with van der Waals surface area (Å²) in [6, 6.07) is 0. The highest BCUT2D eigenvalue weighted by Crippen LogP contribution is 2.25. The molecule has 0 heterocycles. The van der Waals surface area contributed by atoms with Crippen molar-refractivity contribution in [2.45, 2.75) is 58.3 Å². The molecule has 0 saturated heterocycles. The summed E-state index contributed by atoms with van der Waals surface area (Å²) in [6.45, 7) is 8.89. The lowest BCUT2D eigenvalue weighted by Crippen LogP contribution is -2.29. The third kappa shape index (κ3) is 6.42. The number of hydrogen-bond acceptors (Lipinski definition) is 1. The summed E-state index contributed by atoms with van der Waals surface area (Å²) in [4.78, 5) is 0. The normalized spacial score (nSPS) is 20.8. The van der Waals surface area contributed by atoms with Crippen molar-refractivity contribution < 1.29 is 0 Å². The van der Waals surface area contributed by atoms with Gasteiger partial charge in [-0.2, -0.15) is 0 Å². The topological polar surface area (TPSA) is 12.0 Å². The van der Waals surface area contributed by atoms with E-state index in [9.17, 15) is 0 Å². The van der Waals surface area contributed by atoms with Gasteiger partial charge in [-0.15, -0.1) is 11.6 Å². The highest BCUT2D eigenvalue weighted by molar-refractivity contribution is 6.20. The second-order valence-corrected chi connectivity index (χ2v) is 6.79. The van der Waals surface area contributed by atoms with E-state index in [-0.39, 0.29) is 5.38 Å². The second kappa shape index (κ2) is 6.10. The van der Waals surface area contributed by atoms with E-state index < -0.39 is 0 Å². The number of rotatable bonds is 5. The Kier molecular flexibility index (Phi) is 5.42. The minimum absolute atomic E-state index is 0.284. The Morgan fingerprint density at radius 3 is 2.40 bits per heavy atom. The summed E-state index contributed by atoms with van der Waals surface area (Å²) >= 11 is 6.29. The molecule has 0 bridgehead atoms. The van der Waals surface area contributed by atoms with E-state index in [2.05, 4.69) is 26.1 Å². The van der Waals surface area contributed by atoms with Crippen LogP contribution in [0.15, 0.2) is 0 Å². The van der Waals surface area contributed by atoms with E-state index in [1.54, 1.807) is 0 Å². The van der Waals surface area contributed by atoms with Crippen molar-refractivity contribution >= 4 is 11.6 Å². The minimum atomic E-state index is 0.284. The molecule has 1 aliphatic rings. The molecule has 1 rings (SSSR count). The molecule has 1 saturated carbocycles. The van der Waals surface area contributed by atoms with E-state index in [1.165, 1.54) is 32.2 Å². The molecular weight excluding hydrogens is 206 g/mol. The van der Waals surface area contributed by atoms with E-state index in [1.807, 2.05) is 0 Å². The molecule has 1 aliphatic carbocycles. The van der Waals surface area contributed by atoms with Crippen LogP contribution in [0.3, 0.4) is 0 Å². The molecule has 0 aromatic rings. The molecular formula is C13H26ClN. The lowest BCUT2D eigenvalue weighted by molar-refractivity contribution is 0.360. The van der Waals surface area contributed by atoms with Crippen molar-refractivity contribution in [2.75, 3.05) is 13.1 Å². The van der Waals surface area contributed by atoms with Crippen LogP contribution >= 0.6 is 11.6 Å². The maximum Gasteiger partial charge on any atom is 0.0465 e.